The van der Waals surface area contributed by atoms with Crippen molar-refractivity contribution >= 4 is 27.1 Å². The quantitative estimate of drug-likeness (QED) is 0.330. The number of para-hydroxylation sites is 2. The van der Waals surface area contributed by atoms with E-state index in [-0.39, 0.29) is 17.4 Å². The molecule has 4 aromatic rings. The second-order valence-corrected chi connectivity index (χ2v) is 12.1. The summed E-state index contributed by atoms with van der Waals surface area (Å²) >= 11 is 0. The molecule has 1 aromatic heterocycles. The number of nitrogens with zero attached hydrogens (tertiary/aromatic N) is 3. The first-order valence-corrected chi connectivity index (χ1v) is 14.3. The molecule has 5 rings (SSSR count). The van der Waals surface area contributed by atoms with Gasteiger partial charge in [0.2, 0.25) is 15.6 Å². The third-order valence-electron chi connectivity index (χ3n) is 6.99. The molecule has 1 fully saturated rings. The number of carboxylic acid groups (broad SMARTS) is 1. The number of hydrogen-bond donors (Lipinski definition) is 2. The van der Waals surface area contributed by atoms with Crippen molar-refractivity contribution in [3.05, 3.63) is 101 Å². The SMILES string of the molecule is Cc1ccc(CC(CNS(=O)(=O)C2CC2)n2c(=NC(=O)O)n(Cc3ccc(C)cc3)c3ccccc32)cc1. The zero-order chi connectivity index (χ0) is 26.9. The Morgan fingerprint density at radius 1 is 0.947 bits per heavy atom. The molecule has 1 amide bonds. The molecule has 3 aromatic carbocycles. The molecule has 1 unspecified atom stereocenters. The van der Waals surface area contributed by atoms with Crippen LogP contribution in [0.4, 0.5) is 4.79 Å². The number of carbonyl (C=O) groups is 1. The maximum Gasteiger partial charge on any atom is 0.434 e. The molecule has 0 bridgehead atoms. The number of aromatic nitrogens is 2. The Kier molecular flexibility index (Phi) is 7.23. The molecule has 38 heavy (non-hydrogen) atoms. The van der Waals surface area contributed by atoms with Crippen LogP contribution in [0.3, 0.4) is 0 Å². The molecule has 0 spiro atoms. The molecule has 1 saturated carbocycles. The molecule has 0 saturated heterocycles. The second-order valence-electron chi connectivity index (χ2n) is 10.1. The van der Waals surface area contributed by atoms with Crippen LogP contribution in [-0.4, -0.2) is 40.5 Å². The molecule has 1 heterocycles. The Morgan fingerprint density at radius 3 is 2.11 bits per heavy atom. The Hall–Kier alpha value is -3.69. The van der Waals surface area contributed by atoms with E-state index in [2.05, 4.69) is 9.71 Å². The normalized spacial score (nSPS) is 15.2. The van der Waals surface area contributed by atoms with Gasteiger partial charge in [0.05, 0.1) is 28.9 Å². The molecular formula is C29H32N4O4S. The molecule has 198 valence electrons. The molecule has 0 radical (unpaired) electrons. The predicted molar refractivity (Wildman–Crippen MR) is 148 cm³/mol. The summed E-state index contributed by atoms with van der Waals surface area (Å²) in [5.74, 6) is 0. The molecule has 9 heteroatoms. The van der Waals surface area contributed by atoms with Crippen molar-refractivity contribution in [2.45, 2.75) is 50.9 Å². The van der Waals surface area contributed by atoms with Gasteiger partial charge in [0.1, 0.15) is 0 Å². The second kappa shape index (κ2) is 10.6. The van der Waals surface area contributed by atoms with Crippen LogP contribution in [-0.2, 0) is 23.0 Å². The van der Waals surface area contributed by atoms with Gasteiger partial charge < -0.3 is 14.2 Å². The van der Waals surface area contributed by atoms with Crippen LogP contribution in [0.15, 0.2) is 77.8 Å². The number of amides is 1. The highest BCUT2D eigenvalue weighted by molar-refractivity contribution is 7.90. The minimum Gasteiger partial charge on any atom is -0.463 e. The van der Waals surface area contributed by atoms with Crippen LogP contribution in [0.2, 0.25) is 0 Å². The van der Waals surface area contributed by atoms with Crippen molar-refractivity contribution in [3.8, 4) is 0 Å². The summed E-state index contributed by atoms with van der Waals surface area (Å²) in [6.45, 7) is 4.58. The number of rotatable bonds is 9. The fraction of sp³-hybridized carbons (Fsp3) is 0.310. The van der Waals surface area contributed by atoms with Crippen LogP contribution in [0.25, 0.3) is 11.0 Å². The third kappa shape index (κ3) is 5.74. The monoisotopic (exact) mass is 532 g/mol. The highest BCUT2D eigenvalue weighted by Crippen LogP contribution is 2.28. The van der Waals surface area contributed by atoms with E-state index < -0.39 is 22.2 Å². The van der Waals surface area contributed by atoms with Crippen molar-refractivity contribution < 1.29 is 18.3 Å². The van der Waals surface area contributed by atoms with E-state index in [1.54, 1.807) is 0 Å². The lowest BCUT2D eigenvalue weighted by Gasteiger charge is -2.21. The first-order valence-electron chi connectivity index (χ1n) is 12.8. The van der Waals surface area contributed by atoms with Crippen molar-refractivity contribution in [2.24, 2.45) is 4.99 Å². The fourth-order valence-corrected chi connectivity index (χ4v) is 6.21. The lowest BCUT2D eigenvalue weighted by molar-refractivity contribution is 0.204. The molecule has 1 atom stereocenters. The summed E-state index contributed by atoms with van der Waals surface area (Å²) in [6, 6.07) is 23.5. The zero-order valence-electron chi connectivity index (χ0n) is 21.5. The van der Waals surface area contributed by atoms with Crippen molar-refractivity contribution in [3.63, 3.8) is 0 Å². The largest absolute Gasteiger partial charge is 0.463 e. The Labute approximate surface area is 222 Å². The number of aryl methyl sites for hydroxylation is 2. The van der Waals surface area contributed by atoms with Gasteiger partial charge in [-0.2, -0.15) is 0 Å². The predicted octanol–water partition coefficient (Wildman–Crippen LogP) is 4.55. The molecular weight excluding hydrogens is 500 g/mol. The summed E-state index contributed by atoms with van der Waals surface area (Å²) in [6.07, 6.45) is 0.527. The standard InChI is InChI=1S/C29H32N4O4S/c1-20-7-11-22(12-8-20)17-24(18-30-38(36,37)25-15-16-25)33-27-6-4-3-5-26(27)32(28(33)31-29(34)35)19-23-13-9-21(2)10-14-23/h3-14,24-25,30H,15-19H2,1-2H3,(H,34,35). The van der Waals surface area contributed by atoms with Crippen LogP contribution >= 0.6 is 0 Å². The van der Waals surface area contributed by atoms with Crippen LogP contribution in [0.1, 0.15) is 41.1 Å². The van der Waals surface area contributed by atoms with E-state index in [1.807, 2.05) is 95.8 Å². The van der Waals surface area contributed by atoms with Crippen LogP contribution in [0.5, 0.6) is 0 Å². The molecule has 1 aliphatic carbocycles. The summed E-state index contributed by atoms with van der Waals surface area (Å²) in [5.41, 5.74) is 6.18. The molecule has 8 nitrogen and oxygen atoms in total. The van der Waals surface area contributed by atoms with Gasteiger partial charge in [-0.1, -0.05) is 71.8 Å². The van der Waals surface area contributed by atoms with Gasteiger partial charge >= 0.3 is 6.09 Å². The average molecular weight is 533 g/mol. The zero-order valence-corrected chi connectivity index (χ0v) is 22.4. The van der Waals surface area contributed by atoms with Gasteiger partial charge in [-0.3, -0.25) is 0 Å². The maximum absolute atomic E-state index is 12.8. The number of sulfonamides is 1. The van der Waals surface area contributed by atoms with E-state index in [9.17, 15) is 18.3 Å². The van der Waals surface area contributed by atoms with E-state index in [4.69, 9.17) is 0 Å². The number of fused-ring (bicyclic) bond motifs is 1. The lowest BCUT2D eigenvalue weighted by atomic mass is 10.0. The molecule has 2 N–H and O–H groups in total. The Balaban J connectivity index is 1.66. The van der Waals surface area contributed by atoms with Gasteiger partial charge in [-0.25, -0.2) is 17.9 Å². The summed E-state index contributed by atoms with van der Waals surface area (Å²) in [5, 5.41) is 9.43. The average Bonchev–Trinajstić information content (AvgIpc) is 3.71. The van der Waals surface area contributed by atoms with E-state index in [0.29, 0.717) is 25.8 Å². The lowest BCUT2D eigenvalue weighted by Crippen LogP contribution is -2.38. The van der Waals surface area contributed by atoms with Gasteiger partial charge in [0.15, 0.2) is 0 Å². The molecule has 0 aliphatic heterocycles. The Morgan fingerprint density at radius 2 is 1.53 bits per heavy atom. The smallest absolute Gasteiger partial charge is 0.434 e. The first kappa shape index (κ1) is 25.9. The summed E-state index contributed by atoms with van der Waals surface area (Å²) in [4.78, 5) is 16.0. The van der Waals surface area contributed by atoms with Crippen LogP contribution in [0, 0.1) is 13.8 Å². The fourth-order valence-electron chi connectivity index (χ4n) is 4.79. The van der Waals surface area contributed by atoms with Crippen molar-refractivity contribution in [1.82, 2.24) is 13.9 Å². The minimum absolute atomic E-state index is 0.123. The highest BCUT2D eigenvalue weighted by atomic mass is 32.2. The third-order valence-corrected chi connectivity index (χ3v) is 8.90. The number of nitrogens with one attached hydrogen (secondary N) is 1. The summed E-state index contributed by atoms with van der Waals surface area (Å²) < 4.78 is 32.2. The van der Waals surface area contributed by atoms with Crippen molar-refractivity contribution in [1.29, 1.82) is 0 Å². The maximum atomic E-state index is 12.8. The van der Waals surface area contributed by atoms with E-state index in [1.165, 1.54) is 0 Å². The minimum atomic E-state index is -3.44. The topological polar surface area (TPSA) is 106 Å². The van der Waals surface area contributed by atoms with Gasteiger partial charge in [0, 0.05) is 6.54 Å². The number of hydrogen-bond acceptors (Lipinski definition) is 3. The number of benzene rings is 3. The van der Waals surface area contributed by atoms with Gasteiger partial charge in [-0.15, -0.1) is 4.99 Å². The van der Waals surface area contributed by atoms with Crippen LogP contribution < -0.4 is 10.3 Å². The molecule has 1 aliphatic rings. The summed E-state index contributed by atoms with van der Waals surface area (Å²) in [7, 11) is -3.44. The first-order chi connectivity index (χ1) is 18.2. The number of imidazole rings is 1. The highest BCUT2D eigenvalue weighted by Gasteiger charge is 2.36. The van der Waals surface area contributed by atoms with E-state index in [0.717, 1.165) is 33.3 Å². The Bertz CT molecular complexity index is 1630. The van der Waals surface area contributed by atoms with Gasteiger partial charge in [0.25, 0.3) is 0 Å². The van der Waals surface area contributed by atoms with E-state index >= 15 is 0 Å². The van der Waals surface area contributed by atoms with Gasteiger partial charge in [-0.05, 0) is 56.4 Å². The van der Waals surface area contributed by atoms with Crippen molar-refractivity contribution in [2.75, 3.05) is 6.54 Å².